The van der Waals surface area contributed by atoms with Gasteiger partial charge in [-0.15, -0.1) is 0 Å². The Morgan fingerprint density at radius 3 is 2.68 bits per heavy atom. The summed E-state index contributed by atoms with van der Waals surface area (Å²) in [5, 5.41) is 0. The van der Waals surface area contributed by atoms with Gasteiger partial charge in [-0.2, -0.15) is 0 Å². The lowest BCUT2D eigenvalue weighted by atomic mass is 9.71. The molecule has 1 aromatic heterocycles. The quantitative estimate of drug-likeness (QED) is 0.585. The molecule has 0 saturated carbocycles. The van der Waals surface area contributed by atoms with Crippen molar-refractivity contribution < 1.29 is 14.3 Å². The van der Waals surface area contributed by atoms with Gasteiger partial charge >= 0.3 is 5.97 Å². The second kappa shape index (κ2) is 8.88. The SMILES string of the molecule is CCOC(=O)Cc1cnc(C#Cc2ccc3c(c2)C(CC)(CC)CCO3)cn1. The highest BCUT2D eigenvalue weighted by molar-refractivity contribution is 5.71. The monoisotopic (exact) mass is 378 g/mol. The van der Waals surface area contributed by atoms with E-state index < -0.39 is 0 Å². The van der Waals surface area contributed by atoms with Gasteiger partial charge in [0.15, 0.2) is 0 Å². The molecule has 0 fully saturated rings. The van der Waals surface area contributed by atoms with Crippen molar-refractivity contribution in [3.8, 4) is 17.6 Å². The summed E-state index contributed by atoms with van der Waals surface area (Å²) in [4.78, 5) is 20.0. The number of nitrogens with zero attached hydrogens (tertiary/aromatic N) is 2. The predicted octanol–water partition coefficient (Wildman–Crippen LogP) is 3.82. The van der Waals surface area contributed by atoms with E-state index in [0.29, 0.717) is 18.0 Å². The average Bonchev–Trinajstić information content (AvgIpc) is 2.73. The molecule has 2 heterocycles. The van der Waals surface area contributed by atoms with Gasteiger partial charge in [0, 0.05) is 16.5 Å². The van der Waals surface area contributed by atoms with Crippen LogP contribution >= 0.6 is 0 Å². The first-order valence-electron chi connectivity index (χ1n) is 9.86. The van der Waals surface area contributed by atoms with Crippen LogP contribution in [0.15, 0.2) is 30.6 Å². The van der Waals surface area contributed by atoms with Crippen LogP contribution < -0.4 is 4.74 Å². The number of hydrogen-bond acceptors (Lipinski definition) is 5. The fraction of sp³-hybridized carbons (Fsp3) is 0.435. The van der Waals surface area contributed by atoms with Crippen molar-refractivity contribution in [3.63, 3.8) is 0 Å². The Morgan fingerprint density at radius 1 is 1.18 bits per heavy atom. The zero-order chi connectivity index (χ0) is 20.0. The van der Waals surface area contributed by atoms with Gasteiger partial charge in [-0.05, 0) is 50.3 Å². The second-order valence-electron chi connectivity index (χ2n) is 6.92. The number of benzene rings is 1. The number of esters is 1. The standard InChI is InChI=1S/C23H26N2O3/c1-4-23(5-2)11-12-28-21-10-8-17(13-20(21)23)7-9-18-15-25-19(16-24-18)14-22(26)27-6-3/h8,10,13,15-16H,4-6,11-12,14H2,1-3H3. The maximum Gasteiger partial charge on any atom is 0.311 e. The van der Waals surface area contributed by atoms with Crippen molar-refractivity contribution in [2.75, 3.05) is 13.2 Å². The number of carbonyl (C=O) groups is 1. The van der Waals surface area contributed by atoms with Gasteiger partial charge < -0.3 is 9.47 Å². The van der Waals surface area contributed by atoms with Crippen LogP contribution in [0.3, 0.4) is 0 Å². The van der Waals surface area contributed by atoms with Crippen molar-refractivity contribution >= 4 is 5.97 Å². The normalized spacial score (nSPS) is 14.2. The van der Waals surface area contributed by atoms with E-state index in [0.717, 1.165) is 37.2 Å². The summed E-state index contributed by atoms with van der Waals surface area (Å²) in [5.41, 5.74) is 3.50. The molecule has 0 spiro atoms. The molecule has 0 amide bonds. The highest BCUT2D eigenvalue weighted by Gasteiger charge is 2.34. The Hall–Kier alpha value is -2.87. The Balaban J connectivity index is 1.78. The lowest BCUT2D eigenvalue weighted by Gasteiger charge is -2.37. The molecule has 3 rings (SSSR count). The van der Waals surface area contributed by atoms with Crippen molar-refractivity contribution in [3.05, 3.63) is 53.1 Å². The van der Waals surface area contributed by atoms with Crippen LogP contribution in [0.5, 0.6) is 5.75 Å². The molecule has 0 atom stereocenters. The maximum atomic E-state index is 11.5. The van der Waals surface area contributed by atoms with Crippen LogP contribution in [-0.4, -0.2) is 29.2 Å². The summed E-state index contributed by atoms with van der Waals surface area (Å²) in [6.45, 7) is 7.39. The van der Waals surface area contributed by atoms with Crippen molar-refractivity contribution in [2.24, 2.45) is 0 Å². The van der Waals surface area contributed by atoms with Crippen LogP contribution in [-0.2, 0) is 21.4 Å². The molecular weight excluding hydrogens is 352 g/mol. The third-order valence-electron chi connectivity index (χ3n) is 5.41. The van der Waals surface area contributed by atoms with E-state index in [4.69, 9.17) is 9.47 Å². The fourth-order valence-electron chi connectivity index (χ4n) is 3.63. The lowest BCUT2D eigenvalue weighted by molar-refractivity contribution is -0.142. The fourth-order valence-corrected chi connectivity index (χ4v) is 3.63. The second-order valence-corrected chi connectivity index (χ2v) is 6.92. The van der Waals surface area contributed by atoms with Crippen LogP contribution in [0, 0.1) is 11.8 Å². The van der Waals surface area contributed by atoms with Gasteiger partial charge in [0.05, 0.1) is 37.7 Å². The third-order valence-corrected chi connectivity index (χ3v) is 5.41. The van der Waals surface area contributed by atoms with Gasteiger partial charge in [0.2, 0.25) is 0 Å². The van der Waals surface area contributed by atoms with Gasteiger partial charge in [0.1, 0.15) is 11.4 Å². The molecule has 146 valence electrons. The summed E-state index contributed by atoms with van der Waals surface area (Å²) in [7, 11) is 0. The third kappa shape index (κ3) is 4.33. The molecule has 0 aliphatic carbocycles. The Morgan fingerprint density at radius 2 is 2.00 bits per heavy atom. The van der Waals surface area contributed by atoms with Gasteiger partial charge in [-0.3, -0.25) is 9.78 Å². The van der Waals surface area contributed by atoms with Gasteiger partial charge in [-0.1, -0.05) is 19.8 Å². The Labute approximate surface area is 166 Å². The van der Waals surface area contributed by atoms with Crippen LogP contribution in [0.25, 0.3) is 0 Å². The molecule has 0 radical (unpaired) electrons. The molecule has 0 saturated heterocycles. The Bertz CT molecular complexity index is 890. The smallest absolute Gasteiger partial charge is 0.311 e. The molecule has 1 aliphatic heterocycles. The highest BCUT2D eigenvalue weighted by Crippen LogP contribution is 2.43. The summed E-state index contributed by atoms with van der Waals surface area (Å²) in [5.74, 6) is 6.91. The summed E-state index contributed by atoms with van der Waals surface area (Å²) >= 11 is 0. The number of rotatable bonds is 5. The number of ether oxygens (including phenoxy) is 2. The number of fused-ring (bicyclic) bond motifs is 1. The minimum atomic E-state index is -0.303. The van der Waals surface area contributed by atoms with Crippen molar-refractivity contribution in [1.29, 1.82) is 0 Å². The minimum absolute atomic E-state index is 0.121. The van der Waals surface area contributed by atoms with Crippen molar-refractivity contribution in [1.82, 2.24) is 9.97 Å². The Kier molecular flexibility index (Phi) is 6.30. The van der Waals surface area contributed by atoms with E-state index in [1.165, 1.54) is 5.56 Å². The van der Waals surface area contributed by atoms with E-state index >= 15 is 0 Å². The molecule has 1 aromatic carbocycles. The molecule has 1 aliphatic rings. The molecule has 5 heteroatoms. The molecule has 0 N–H and O–H groups in total. The first kappa shape index (κ1) is 19.9. The molecule has 28 heavy (non-hydrogen) atoms. The molecule has 0 unspecified atom stereocenters. The summed E-state index contributed by atoms with van der Waals surface area (Å²) in [6, 6.07) is 6.15. The zero-order valence-electron chi connectivity index (χ0n) is 16.7. The van der Waals surface area contributed by atoms with Crippen molar-refractivity contribution in [2.45, 2.75) is 51.9 Å². The topological polar surface area (TPSA) is 61.3 Å². The first-order valence-corrected chi connectivity index (χ1v) is 9.86. The van der Waals surface area contributed by atoms with E-state index in [2.05, 4.69) is 41.7 Å². The van der Waals surface area contributed by atoms with Crippen LogP contribution in [0.2, 0.25) is 0 Å². The zero-order valence-corrected chi connectivity index (χ0v) is 16.7. The molecule has 0 bridgehead atoms. The first-order chi connectivity index (χ1) is 13.6. The van der Waals surface area contributed by atoms with E-state index in [-0.39, 0.29) is 17.8 Å². The van der Waals surface area contributed by atoms with E-state index in [9.17, 15) is 4.79 Å². The summed E-state index contributed by atoms with van der Waals surface area (Å²) < 4.78 is 10.8. The average molecular weight is 378 g/mol. The van der Waals surface area contributed by atoms with Crippen LogP contribution in [0.1, 0.15) is 62.5 Å². The van der Waals surface area contributed by atoms with Crippen LogP contribution in [0.4, 0.5) is 0 Å². The number of hydrogen-bond donors (Lipinski definition) is 0. The van der Waals surface area contributed by atoms with Gasteiger partial charge in [-0.25, -0.2) is 4.98 Å². The highest BCUT2D eigenvalue weighted by atomic mass is 16.5. The summed E-state index contributed by atoms with van der Waals surface area (Å²) in [6.07, 6.45) is 6.49. The van der Waals surface area contributed by atoms with E-state index in [1.54, 1.807) is 19.3 Å². The molecule has 2 aromatic rings. The van der Waals surface area contributed by atoms with Gasteiger partial charge in [0.25, 0.3) is 0 Å². The molecular formula is C23H26N2O3. The van der Waals surface area contributed by atoms with E-state index in [1.807, 2.05) is 12.1 Å². The molecule has 5 nitrogen and oxygen atoms in total. The number of carbonyl (C=O) groups excluding carboxylic acids is 1. The minimum Gasteiger partial charge on any atom is -0.493 e. The largest absolute Gasteiger partial charge is 0.493 e. The number of aromatic nitrogens is 2. The lowest BCUT2D eigenvalue weighted by Crippen LogP contribution is -2.31. The predicted molar refractivity (Wildman–Crippen MR) is 107 cm³/mol. The maximum absolute atomic E-state index is 11.5.